The van der Waals surface area contributed by atoms with Gasteiger partial charge in [0.15, 0.2) is 0 Å². The van der Waals surface area contributed by atoms with E-state index >= 15 is 0 Å². The zero-order valence-electron chi connectivity index (χ0n) is 4.26. The minimum atomic E-state index is 0.647. The first-order valence-electron chi connectivity index (χ1n) is 2.69. The monoisotopic (exact) mass is 295 g/mol. The predicted molar refractivity (Wildman–Crippen MR) is 30.7 cm³/mol. The molecule has 1 heterocycles. The van der Waals surface area contributed by atoms with Crippen LogP contribution in [-0.4, -0.2) is 35.4 Å². The van der Waals surface area contributed by atoms with E-state index in [1.54, 1.807) is 0 Å². The second kappa shape index (κ2) is 3.00. The maximum absolute atomic E-state index is 5.33. The summed E-state index contributed by atoms with van der Waals surface area (Å²) >= 11 is 1.41. The fourth-order valence-electron chi connectivity index (χ4n) is 0.724. The Balaban J connectivity index is 2.12. The molecule has 0 aliphatic carbocycles. The van der Waals surface area contributed by atoms with Gasteiger partial charge in [0, 0.05) is 0 Å². The summed E-state index contributed by atoms with van der Waals surface area (Å²) in [6.45, 7) is 1.02. The van der Waals surface area contributed by atoms with E-state index < -0.39 is 0 Å². The Kier molecular flexibility index (Phi) is 2.56. The first-order chi connectivity index (χ1) is 3.39. The van der Waals surface area contributed by atoms with Gasteiger partial charge in [-0.05, 0) is 0 Å². The summed E-state index contributed by atoms with van der Waals surface area (Å²) in [7, 11) is 0. The normalized spacial score (nSPS) is 33.0. The van der Waals surface area contributed by atoms with Crippen LogP contribution in [0.25, 0.3) is 0 Å². The molecule has 0 spiro atoms. The third-order valence-electron chi connectivity index (χ3n) is 1.16. The molecule has 2 heteroatoms. The van der Waals surface area contributed by atoms with Crippen molar-refractivity contribution in [2.75, 3.05) is 6.61 Å². The van der Waals surface area contributed by atoms with E-state index in [-0.39, 0.29) is 0 Å². The van der Waals surface area contributed by atoms with Gasteiger partial charge in [-0.1, -0.05) is 0 Å². The Morgan fingerprint density at radius 2 is 2.29 bits per heavy atom. The Hall–Kier alpha value is 0.856. The van der Waals surface area contributed by atoms with Crippen LogP contribution >= 0.6 is 0 Å². The van der Waals surface area contributed by atoms with Crippen LogP contribution < -0.4 is 0 Å². The Labute approximate surface area is 59.6 Å². The van der Waals surface area contributed by atoms with Crippen molar-refractivity contribution in [3.63, 3.8) is 0 Å². The zero-order chi connectivity index (χ0) is 5.11. The van der Waals surface area contributed by atoms with Crippen molar-refractivity contribution < 1.29 is 4.74 Å². The van der Waals surface area contributed by atoms with E-state index in [0.717, 1.165) is 6.61 Å². The number of ether oxygens (including phenoxy) is 1. The van der Waals surface area contributed by atoms with Crippen LogP contribution in [0, 0.1) is 0 Å². The predicted octanol–water partition coefficient (Wildman–Crippen LogP) is 0.414. The fourth-order valence-corrected chi connectivity index (χ4v) is 1.84. The summed E-state index contributed by atoms with van der Waals surface area (Å²) in [5, 5.41) is 0. The molecule has 42 valence electrons. The van der Waals surface area contributed by atoms with Crippen molar-refractivity contribution in [1.29, 1.82) is 0 Å². The number of hydrogen-bond donors (Lipinski definition) is 0. The van der Waals surface area contributed by atoms with Gasteiger partial charge in [0.05, 0.1) is 0 Å². The second-order valence-electron chi connectivity index (χ2n) is 1.82. The molecule has 1 aliphatic heterocycles. The van der Waals surface area contributed by atoms with Gasteiger partial charge in [0.1, 0.15) is 0 Å². The van der Waals surface area contributed by atoms with Gasteiger partial charge < -0.3 is 0 Å². The van der Waals surface area contributed by atoms with Gasteiger partial charge in [0.2, 0.25) is 0 Å². The van der Waals surface area contributed by atoms with Crippen molar-refractivity contribution in [3.05, 3.63) is 0 Å². The Morgan fingerprint density at radius 1 is 1.43 bits per heavy atom. The molecule has 0 aromatic heterocycles. The molecule has 1 fully saturated rings. The molecule has 1 rings (SSSR count). The topological polar surface area (TPSA) is 9.23 Å². The first-order valence-corrected chi connectivity index (χ1v) is 4.70. The van der Waals surface area contributed by atoms with Crippen molar-refractivity contribution in [1.82, 2.24) is 0 Å². The molecule has 0 saturated carbocycles. The molecule has 0 aromatic carbocycles. The number of hydrogen-bond acceptors (Lipinski definition) is 1. The summed E-state index contributed by atoms with van der Waals surface area (Å²) in [6, 6.07) is 0. The molecule has 1 atom stereocenters. The molecule has 1 nitrogen and oxygen atoms in total. The van der Waals surface area contributed by atoms with Crippen molar-refractivity contribution in [2.45, 2.75) is 23.0 Å². The maximum atomic E-state index is 5.33. The summed E-state index contributed by atoms with van der Waals surface area (Å²) < 4.78 is 5.97. The van der Waals surface area contributed by atoms with Crippen LogP contribution in [-0.2, 0) is 4.74 Å². The molecule has 1 saturated heterocycles. The SMILES string of the molecule is [PoH][CH]1CCCCO1. The van der Waals surface area contributed by atoms with Crippen LogP contribution in [0.3, 0.4) is 0 Å². The van der Waals surface area contributed by atoms with Crippen LogP contribution in [0.5, 0.6) is 0 Å². The molecule has 0 aromatic rings. The first kappa shape index (κ1) is 5.98. The van der Waals surface area contributed by atoms with Crippen molar-refractivity contribution in [3.8, 4) is 0 Å². The third kappa shape index (κ3) is 2.06. The Bertz CT molecular complexity index is 50.0. The van der Waals surface area contributed by atoms with Crippen LogP contribution in [0.4, 0.5) is 0 Å². The van der Waals surface area contributed by atoms with Crippen molar-refractivity contribution >= 4 is 25.1 Å². The summed E-state index contributed by atoms with van der Waals surface area (Å²) in [5.74, 6) is 0. The van der Waals surface area contributed by atoms with Gasteiger partial charge in [-0.2, -0.15) is 0 Å². The molecule has 0 amide bonds. The van der Waals surface area contributed by atoms with Gasteiger partial charge in [0.25, 0.3) is 0 Å². The second-order valence-corrected chi connectivity index (χ2v) is 4.06. The van der Waals surface area contributed by atoms with Gasteiger partial charge in [-0.3, -0.25) is 0 Å². The average molecular weight is 295 g/mol. The molecular formula is C5H10OPo. The van der Waals surface area contributed by atoms with E-state index in [0.29, 0.717) is 3.76 Å². The fraction of sp³-hybridized carbons (Fsp3) is 1.00. The van der Waals surface area contributed by atoms with Crippen LogP contribution in [0.2, 0.25) is 0 Å². The zero-order valence-corrected chi connectivity index (χ0v) is 7.74. The standard InChI is InChI=1S/C5H9O.Po.H/c1-2-4-6-5-3-1;;/h4H,1-3,5H2;;. The molecule has 0 bridgehead atoms. The summed E-state index contributed by atoms with van der Waals surface area (Å²) in [4.78, 5) is 0. The minimum absolute atomic E-state index is 0.647. The molecular weight excluding hydrogens is 285 g/mol. The molecule has 0 N–H and O–H groups in total. The Morgan fingerprint density at radius 3 is 2.57 bits per heavy atom. The third-order valence-corrected chi connectivity index (χ3v) is 2.74. The van der Waals surface area contributed by atoms with Crippen LogP contribution in [0.1, 0.15) is 19.3 Å². The van der Waals surface area contributed by atoms with E-state index in [2.05, 4.69) is 0 Å². The van der Waals surface area contributed by atoms with E-state index in [1.165, 1.54) is 44.3 Å². The summed E-state index contributed by atoms with van der Waals surface area (Å²) in [6.07, 6.45) is 3.99. The number of rotatable bonds is 0. The van der Waals surface area contributed by atoms with Gasteiger partial charge in [-0.15, -0.1) is 0 Å². The van der Waals surface area contributed by atoms with E-state index in [1.807, 2.05) is 0 Å². The molecule has 0 radical (unpaired) electrons. The van der Waals surface area contributed by atoms with Gasteiger partial charge in [-0.25, -0.2) is 0 Å². The van der Waals surface area contributed by atoms with Gasteiger partial charge >= 0.3 is 59.4 Å². The quantitative estimate of drug-likeness (QED) is 0.629. The molecule has 7 heavy (non-hydrogen) atoms. The molecule has 1 unspecified atom stereocenters. The summed E-state index contributed by atoms with van der Waals surface area (Å²) in [5.41, 5.74) is 0. The average Bonchev–Trinajstić information content (AvgIpc) is 1.69. The molecule has 1 aliphatic rings. The van der Waals surface area contributed by atoms with Crippen LogP contribution in [0.15, 0.2) is 0 Å². The van der Waals surface area contributed by atoms with E-state index in [4.69, 9.17) is 4.74 Å². The van der Waals surface area contributed by atoms with Crippen molar-refractivity contribution in [2.24, 2.45) is 0 Å². The van der Waals surface area contributed by atoms with E-state index in [9.17, 15) is 0 Å².